The number of rotatable bonds is 2. The molecule has 2 heterocycles. The van der Waals surface area contributed by atoms with E-state index in [-0.39, 0.29) is 20.1 Å². The first-order valence-corrected chi connectivity index (χ1v) is 11.8. The Hall–Kier alpha value is -4.24. The molecule has 0 N–H and O–H groups in total. The van der Waals surface area contributed by atoms with E-state index in [1.165, 1.54) is 16.2 Å². The summed E-state index contributed by atoms with van der Waals surface area (Å²) in [5.41, 5.74) is 3.89. The van der Waals surface area contributed by atoms with E-state index in [0.717, 1.165) is 33.1 Å². The zero-order valence-electron chi connectivity index (χ0n) is 19.8. The van der Waals surface area contributed by atoms with Gasteiger partial charge in [-0.25, -0.2) is 0 Å². The van der Waals surface area contributed by atoms with E-state index in [0.29, 0.717) is 5.82 Å². The fourth-order valence-corrected chi connectivity index (χ4v) is 4.24. The predicted octanol–water partition coefficient (Wildman–Crippen LogP) is 7.95. The van der Waals surface area contributed by atoms with Crippen LogP contribution in [0, 0.1) is 12.1 Å². The molecule has 0 fully saturated rings. The summed E-state index contributed by atoms with van der Waals surface area (Å²) in [6.07, 6.45) is 3.71. The van der Waals surface area contributed by atoms with Crippen molar-refractivity contribution in [3.8, 4) is 22.6 Å². The van der Waals surface area contributed by atoms with Crippen LogP contribution in [0.15, 0.2) is 128 Å². The van der Waals surface area contributed by atoms with Crippen molar-refractivity contribution in [2.24, 2.45) is 0 Å². The molecule has 0 aliphatic rings. The van der Waals surface area contributed by atoms with Gasteiger partial charge in [-0.15, -0.1) is 65.5 Å². The van der Waals surface area contributed by atoms with Crippen LogP contribution >= 0.6 is 0 Å². The second kappa shape index (κ2) is 11.2. The Labute approximate surface area is 229 Å². The van der Waals surface area contributed by atoms with Crippen molar-refractivity contribution in [1.29, 1.82) is 0 Å². The first-order valence-electron chi connectivity index (χ1n) is 11.8. The number of hydrogen-bond donors (Lipinski definition) is 0. The standard InChI is InChI=1S/C18H11N2.C15H10N.Ir/c1-2-7-14(8-3-1)18-19-12-16-15-9-5-4-6-13(15)10-11-17(16)20-18;1-2-6-13-11-14(9-8-12(13)5-1)15-7-3-4-10-16-15;/h1-7,9-12H;1-10H;/q2*-1;. The monoisotopic (exact) mass is 652 g/mol. The summed E-state index contributed by atoms with van der Waals surface area (Å²) in [6.45, 7) is 0. The molecule has 0 spiro atoms. The Bertz CT molecular complexity index is 1780. The van der Waals surface area contributed by atoms with Crippen LogP contribution in [0.2, 0.25) is 0 Å². The van der Waals surface area contributed by atoms with Crippen LogP contribution in [0.5, 0.6) is 0 Å². The summed E-state index contributed by atoms with van der Waals surface area (Å²) >= 11 is 0. The van der Waals surface area contributed by atoms with Crippen LogP contribution in [0.4, 0.5) is 0 Å². The smallest absolute Gasteiger partial charge is 0.0755 e. The third-order valence-corrected chi connectivity index (χ3v) is 6.04. The van der Waals surface area contributed by atoms with Crippen LogP contribution in [-0.4, -0.2) is 15.0 Å². The average molecular weight is 652 g/mol. The second-order valence-electron chi connectivity index (χ2n) is 8.36. The van der Waals surface area contributed by atoms with Crippen molar-refractivity contribution in [1.82, 2.24) is 15.0 Å². The normalized spacial score (nSPS) is 10.5. The van der Waals surface area contributed by atoms with Crippen LogP contribution in [0.25, 0.3) is 55.1 Å². The quantitative estimate of drug-likeness (QED) is 0.141. The van der Waals surface area contributed by atoms with Gasteiger partial charge in [0, 0.05) is 43.6 Å². The predicted molar refractivity (Wildman–Crippen MR) is 147 cm³/mol. The van der Waals surface area contributed by atoms with Crippen LogP contribution in [0.3, 0.4) is 0 Å². The molecule has 4 heteroatoms. The molecule has 7 rings (SSSR count). The molecule has 5 aromatic carbocycles. The Balaban J connectivity index is 0.000000151. The van der Waals surface area contributed by atoms with Gasteiger partial charge >= 0.3 is 0 Å². The summed E-state index contributed by atoms with van der Waals surface area (Å²) in [7, 11) is 0. The van der Waals surface area contributed by atoms with Gasteiger partial charge in [-0.2, -0.15) is 0 Å². The van der Waals surface area contributed by atoms with Crippen molar-refractivity contribution < 1.29 is 20.1 Å². The minimum absolute atomic E-state index is 0. The summed E-state index contributed by atoms with van der Waals surface area (Å²) < 4.78 is 0. The number of aromatic nitrogens is 3. The van der Waals surface area contributed by atoms with Crippen LogP contribution in [-0.2, 0) is 20.1 Å². The van der Waals surface area contributed by atoms with Crippen LogP contribution in [0.1, 0.15) is 0 Å². The minimum Gasteiger partial charge on any atom is -0.295 e. The zero-order valence-corrected chi connectivity index (χ0v) is 22.2. The molecule has 0 aliphatic carbocycles. The van der Waals surface area contributed by atoms with Gasteiger partial charge in [0.2, 0.25) is 0 Å². The van der Waals surface area contributed by atoms with E-state index < -0.39 is 0 Å². The molecule has 179 valence electrons. The Kier molecular flexibility index (Phi) is 7.41. The molecular formula is C33H21IrN3-2. The number of fused-ring (bicyclic) bond motifs is 4. The van der Waals surface area contributed by atoms with Gasteiger partial charge in [0.15, 0.2) is 0 Å². The molecule has 7 aromatic rings. The third-order valence-electron chi connectivity index (χ3n) is 6.04. The van der Waals surface area contributed by atoms with E-state index in [1.54, 1.807) is 6.20 Å². The molecule has 37 heavy (non-hydrogen) atoms. The Morgan fingerprint density at radius 2 is 1.35 bits per heavy atom. The molecular weight excluding hydrogens is 631 g/mol. The molecule has 0 atom stereocenters. The maximum Gasteiger partial charge on any atom is 0.0755 e. The molecule has 2 aromatic heterocycles. The first kappa shape index (κ1) is 24.5. The van der Waals surface area contributed by atoms with E-state index in [2.05, 4.69) is 69.5 Å². The van der Waals surface area contributed by atoms with Crippen molar-refractivity contribution >= 4 is 32.4 Å². The summed E-state index contributed by atoms with van der Waals surface area (Å²) in [4.78, 5) is 13.5. The minimum atomic E-state index is 0. The fraction of sp³-hybridized carbons (Fsp3) is 0. The number of benzene rings is 5. The van der Waals surface area contributed by atoms with E-state index in [4.69, 9.17) is 0 Å². The SMILES string of the molecule is [Ir].[c-]1c(-c2ccccn2)ccc2ccccc12.[c-]1ccccc1-c1ncc2c(ccc3ccccc32)n1. The van der Waals surface area contributed by atoms with Crippen molar-refractivity contribution in [3.63, 3.8) is 0 Å². The van der Waals surface area contributed by atoms with Gasteiger partial charge in [-0.3, -0.25) is 15.0 Å². The zero-order chi connectivity index (χ0) is 24.2. The third kappa shape index (κ3) is 5.31. The van der Waals surface area contributed by atoms with Crippen molar-refractivity contribution in [2.75, 3.05) is 0 Å². The molecule has 0 saturated carbocycles. The van der Waals surface area contributed by atoms with Gasteiger partial charge in [0.05, 0.1) is 11.3 Å². The molecule has 0 amide bonds. The van der Waals surface area contributed by atoms with Crippen LogP contribution < -0.4 is 0 Å². The number of pyridine rings is 1. The van der Waals surface area contributed by atoms with E-state index >= 15 is 0 Å². The van der Waals surface area contributed by atoms with Gasteiger partial charge < -0.3 is 0 Å². The average Bonchev–Trinajstić information content (AvgIpc) is 2.98. The van der Waals surface area contributed by atoms with Gasteiger partial charge in [0.1, 0.15) is 0 Å². The number of hydrogen-bond acceptors (Lipinski definition) is 3. The van der Waals surface area contributed by atoms with Gasteiger partial charge in [0.25, 0.3) is 0 Å². The number of nitrogens with zero attached hydrogens (tertiary/aromatic N) is 3. The molecule has 0 bridgehead atoms. The van der Waals surface area contributed by atoms with Crippen molar-refractivity contribution in [3.05, 3.63) is 140 Å². The van der Waals surface area contributed by atoms with Gasteiger partial charge in [-0.05, 0) is 22.9 Å². The van der Waals surface area contributed by atoms with Gasteiger partial charge in [-0.1, -0.05) is 71.6 Å². The molecule has 0 unspecified atom stereocenters. The molecule has 1 radical (unpaired) electrons. The first-order chi connectivity index (χ1) is 17.8. The maximum absolute atomic E-state index is 4.65. The Morgan fingerprint density at radius 3 is 2.19 bits per heavy atom. The fourth-order valence-electron chi connectivity index (χ4n) is 4.24. The summed E-state index contributed by atoms with van der Waals surface area (Å²) in [5.74, 6) is 0.716. The largest absolute Gasteiger partial charge is 0.295 e. The van der Waals surface area contributed by atoms with Crippen molar-refractivity contribution in [2.45, 2.75) is 0 Å². The second-order valence-corrected chi connectivity index (χ2v) is 8.36. The molecule has 0 aliphatic heterocycles. The topological polar surface area (TPSA) is 38.7 Å². The summed E-state index contributed by atoms with van der Waals surface area (Å²) in [5, 5.41) is 5.83. The van der Waals surface area contributed by atoms with E-state index in [1.807, 2.05) is 79.0 Å². The summed E-state index contributed by atoms with van der Waals surface area (Å²) in [6, 6.07) is 45.1. The molecule has 0 saturated heterocycles. The molecule has 3 nitrogen and oxygen atoms in total. The Morgan fingerprint density at radius 1 is 0.568 bits per heavy atom. The van der Waals surface area contributed by atoms with E-state index in [9.17, 15) is 0 Å². The maximum atomic E-state index is 4.65.